The molecule has 20 heavy (non-hydrogen) atoms. The molecule has 3 nitrogen and oxygen atoms in total. The van der Waals surface area contributed by atoms with Gasteiger partial charge in [0.05, 0.1) is 18.7 Å². The Morgan fingerprint density at radius 1 is 1.25 bits per heavy atom. The van der Waals surface area contributed by atoms with Crippen molar-refractivity contribution in [3.05, 3.63) is 52.5 Å². The Labute approximate surface area is 130 Å². The lowest BCUT2D eigenvalue weighted by molar-refractivity contribution is 0.408. The highest BCUT2D eigenvalue weighted by molar-refractivity contribution is 9.08. The molecule has 0 aliphatic carbocycles. The van der Waals surface area contributed by atoms with Gasteiger partial charge in [0.15, 0.2) is 0 Å². The Morgan fingerprint density at radius 3 is 2.65 bits per heavy atom. The number of methoxy groups -OCH3 is 1. The highest BCUT2D eigenvalue weighted by Crippen LogP contribution is 2.33. The highest BCUT2D eigenvalue weighted by Gasteiger charge is 2.09. The molecule has 0 fully saturated rings. The summed E-state index contributed by atoms with van der Waals surface area (Å²) in [5.41, 5.74) is 1.33. The molecule has 0 atom stereocenters. The first-order chi connectivity index (χ1) is 9.67. The van der Waals surface area contributed by atoms with E-state index in [0.29, 0.717) is 33.2 Å². The number of hydrogen-bond donors (Lipinski definition) is 0. The van der Waals surface area contributed by atoms with Gasteiger partial charge in [-0.05, 0) is 24.3 Å². The van der Waals surface area contributed by atoms with Crippen LogP contribution in [0.1, 0.15) is 11.1 Å². The number of nitrogens with zero attached hydrogens (tertiary/aromatic N) is 1. The maximum Gasteiger partial charge on any atom is 0.132 e. The molecular weight excluding hydrogens is 342 g/mol. The van der Waals surface area contributed by atoms with Gasteiger partial charge in [0.1, 0.15) is 17.2 Å². The fraction of sp³-hybridized carbons (Fsp3) is 0.133. The molecular formula is C15H11BrClNO2. The van der Waals surface area contributed by atoms with E-state index in [1.165, 1.54) is 0 Å². The van der Waals surface area contributed by atoms with Crippen molar-refractivity contribution in [1.82, 2.24) is 0 Å². The average Bonchev–Trinajstić information content (AvgIpc) is 2.47. The van der Waals surface area contributed by atoms with Crippen LogP contribution in [0, 0.1) is 11.3 Å². The Morgan fingerprint density at radius 2 is 2.00 bits per heavy atom. The number of hydrogen-bond acceptors (Lipinski definition) is 3. The van der Waals surface area contributed by atoms with Crippen molar-refractivity contribution in [2.24, 2.45) is 0 Å². The summed E-state index contributed by atoms with van der Waals surface area (Å²) in [7, 11) is 1.55. The van der Waals surface area contributed by atoms with Crippen LogP contribution in [0.2, 0.25) is 5.02 Å². The Hall–Kier alpha value is -1.70. The molecule has 2 aromatic rings. The van der Waals surface area contributed by atoms with Crippen LogP contribution in [0.3, 0.4) is 0 Å². The highest BCUT2D eigenvalue weighted by atomic mass is 79.9. The zero-order chi connectivity index (χ0) is 14.5. The molecule has 0 aromatic heterocycles. The number of alkyl halides is 1. The summed E-state index contributed by atoms with van der Waals surface area (Å²) in [6, 6.07) is 12.5. The van der Waals surface area contributed by atoms with E-state index in [2.05, 4.69) is 22.0 Å². The molecule has 0 aliphatic rings. The first-order valence-electron chi connectivity index (χ1n) is 5.78. The van der Waals surface area contributed by atoms with E-state index in [1.54, 1.807) is 31.4 Å². The molecule has 0 heterocycles. The predicted octanol–water partition coefficient (Wildman–Crippen LogP) is 4.91. The Kier molecular flexibility index (Phi) is 4.89. The molecule has 0 aliphatic heterocycles. The summed E-state index contributed by atoms with van der Waals surface area (Å²) >= 11 is 9.51. The SMILES string of the molecule is COc1cc(C#N)cc(Oc2cccc(Cl)c2CBr)c1. The minimum absolute atomic E-state index is 0.474. The second-order valence-corrected chi connectivity index (χ2v) is 4.93. The Balaban J connectivity index is 2.40. The predicted molar refractivity (Wildman–Crippen MR) is 81.9 cm³/mol. The van der Waals surface area contributed by atoms with Gasteiger partial charge in [-0.3, -0.25) is 0 Å². The van der Waals surface area contributed by atoms with Crippen LogP contribution in [-0.4, -0.2) is 7.11 Å². The molecule has 0 unspecified atom stereocenters. The number of nitriles is 1. The molecule has 0 amide bonds. The fourth-order valence-corrected chi connectivity index (χ4v) is 2.68. The first kappa shape index (κ1) is 14.7. The van der Waals surface area contributed by atoms with Crippen LogP contribution in [0.4, 0.5) is 0 Å². The minimum Gasteiger partial charge on any atom is -0.497 e. The zero-order valence-corrected chi connectivity index (χ0v) is 13.0. The van der Waals surface area contributed by atoms with Gasteiger partial charge in [0.25, 0.3) is 0 Å². The summed E-state index contributed by atoms with van der Waals surface area (Å²) < 4.78 is 11.0. The molecule has 0 saturated carbocycles. The van der Waals surface area contributed by atoms with E-state index in [9.17, 15) is 0 Å². The van der Waals surface area contributed by atoms with E-state index in [0.717, 1.165) is 5.56 Å². The average molecular weight is 353 g/mol. The van der Waals surface area contributed by atoms with Crippen molar-refractivity contribution in [3.63, 3.8) is 0 Å². The maximum atomic E-state index is 9.00. The lowest BCUT2D eigenvalue weighted by atomic mass is 10.2. The molecule has 102 valence electrons. The van der Waals surface area contributed by atoms with E-state index < -0.39 is 0 Å². The zero-order valence-electron chi connectivity index (χ0n) is 10.7. The fourth-order valence-electron chi connectivity index (χ4n) is 1.70. The lowest BCUT2D eigenvalue weighted by Crippen LogP contribution is -1.92. The molecule has 2 rings (SSSR count). The van der Waals surface area contributed by atoms with Crippen LogP contribution in [0.15, 0.2) is 36.4 Å². The van der Waals surface area contributed by atoms with Gasteiger partial charge in [-0.15, -0.1) is 0 Å². The number of rotatable bonds is 4. The summed E-state index contributed by atoms with van der Waals surface area (Å²) in [6.07, 6.45) is 0. The molecule has 0 saturated heterocycles. The van der Waals surface area contributed by atoms with E-state index >= 15 is 0 Å². The largest absolute Gasteiger partial charge is 0.497 e. The van der Waals surface area contributed by atoms with E-state index in [-0.39, 0.29) is 0 Å². The van der Waals surface area contributed by atoms with Gasteiger partial charge in [-0.25, -0.2) is 0 Å². The Bertz CT molecular complexity index is 667. The van der Waals surface area contributed by atoms with Gasteiger partial charge in [-0.2, -0.15) is 5.26 Å². The van der Waals surface area contributed by atoms with E-state index in [1.807, 2.05) is 12.1 Å². The van der Waals surface area contributed by atoms with Crippen LogP contribution in [-0.2, 0) is 5.33 Å². The third-order valence-electron chi connectivity index (χ3n) is 2.68. The smallest absolute Gasteiger partial charge is 0.132 e. The second kappa shape index (κ2) is 6.65. The van der Waals surface area contributed by atoms with Crippen LogP contribution in [0.5, 0.6) is 17.2 Å². The van der Waals surface area contributed by atoms with Crippen molar-refractivity contribution in [2.75, 3.05) is 7.11 Å². The van der Waals surface area contributed by atoms with Gasteiger partial charge in [0.2, 0.25) is 0 Å². The summed E-state index contributed by atoms with van der Waals surface area (Å²) in [5, 5.41) is 10.2. The van der Waals surface area contributed by atoms with Crippen LogP contribution < -0.4 is 9.47 Å². The van der Waals surface area contributed by atoms with Crippen molar-refractivity contribution in [2.45, 2.75) is 5.33 Å². The van der Waals surface area contributed by atoms with Crippen LogP contribution >= 0.6 is 27.5 Å². The van der Waals surface area contributed by atoms with Crippen molar-refractivity contribution in [3.8, 4) is 23.3 Å². The number of ether oxygens (including phenoxy) is 2. The van der Waals surface area contributed by atoms with Gasteiger partial charge >= 0.3 is 0 Å². The minimum atomic E-state index is 0.474. The second-order valence-electron chi connectivity index (χ2n) is 3.96. The summed E-state index contributed by atoms with van der Waals surface area (Å²) in [4.78, 5) is 0. The molecule has 0 bridgehead atoms. The van der Waals surface area contributed by atoms with Crippen LogP contribution in [0.25, 0.3) is 0 Å². The van der Waals surface area contributed by atoms with Crippen molar-refractivity contribution in [1.29, 1.82) is 5.26 Å². The quantitative estimate of drug-likeness (QED) is 0.734. The maximum absolute atomic E-state index is 9.00. The summed E-state index contributed by atoms with van der Waals surface area (Å²) in [5.74, 6) is 1.75. The number of halogens is 2. The van der Waals surface area contributed by atoms with Crippen molar-refractivity contribution >= 4 is 27.5 Å². The third kappa shape index (κ3) is 3.24. The third-order valence-corrected chi connectivity index (χ3v) is 3.60. The molecule has 0 spiro atoms. The molecule has 0 N–H and O–H groups in total. The molecule has 2 aromatic carbocycles. The van der Waals surface area contributed by atoms with Gasteiger partial charge in [-0.1, -0.05) is 33.6 Å². The monoisotopic (exact) mass is 351 g/mol. The van der Waals surface area contributed by atoms with E-state index in [4.69, 9.17) is 26.3 Å². The van der Waals surface area contributed by atoms with Gasteiger partial charge in [0, 0.05) is 22.0 Å². The first-order valence-corrected chi connectivity index (χ1v) is 7.28. The molecule has 0 radical (unpaired) electrons. The van der Waals surface area contributed by atoms with Crippen molar-refractivity contribution < 1.29 is 9.47 Å². The van der Waals surface area contributed by atoms with Gasteiger partial charge < -0.3 is 9.47 Å². The number of benzene rings is 2. The standard InChI is InChI=1S/C15H11BrClNO2/c1-19-11-5-10(9-18)6-12(7-11)20-15-4-2-3-14(17)13(15)8-16/h2-7H,8H2,1H3. The molecule has 5 heteroatoms. The lowest BCUT2D eigenvalue weighted by Gasteiger charge is -2.12. The normalized spacial score (nSPS) is 9.90. The summed E-state index contributed by atoms with van der Waals surface area (Å²) in [6.45, 7) is 0. The topological polar surface area (TPSA) is 42.2 Å².